The van der Waals surface area contributed by atoms with Gasteiger partial charge in [-0.1, -0.05) is 30.3 Å². The molecule has 0 atom stereocenters. The van der Waals surface area contributed by atoms with Crippen molar-refractivity contribution < 1.29 is 17.7 Å². The molecule has 0 aliphatic rings. The molecule has 2 aromatic rings. The van der Waals surface area contributed by atoms with Crippen molar-refractivity contribution in [3.63, 3.8) is 0 Å². The fourth-order valence-electron chi connectivity index (χ4n) is 1.70. The van der Waals surface area contributed by atoms with Gasteiger partial charge in [-0.25, -0.2) is 12.8 Å². The summed E-state index contributed by atoms with van der Waals surface area (Å²) in [6, 6.07) is 11.0. The number of nitrogens with one attached hydrogen (secondary N) is 1. The number of anilines is 1. The third-order valence-corrected chi connectivity index (χ3v) is 3.87. The number of hydrogen-bond acceptors (Lipinski definition) is 4. The standard InChI is InChI=1S/C13H11FN2O4S/c14-12-7-6-11(16(17)18)8-13(12)15-21(19,20)9-10-4-2-1-3-5-10/h1-8,15H,9H2. The summed E-state index contributed by atoms with van der Waals surface area (Å²) in [6.07, 6.45) is 0. The van der Waals surface area contributed by atoms with E-state index in [1.54, 1.807) is 30.3 Å². The molecule has 0 saturated heterocycles. The molecule has 0 aliphatic heterocycles. The van der Waals surface area contributed by atoms with Gasteiger partial charge in [-0.2, -0.15) is 0 Å². The number of rotatable bonds is 5. The number of non-ortho nitro benzene ring substituents is 1. The summed E-state index contributed by atoms with van der Waals surface area (Å²) in [7, 11) is -3.87. The third kappa shape index (κ3) is 3.99. The summed E-state index contributed by atoms with van der Waals surface area (Å²) < 4.78 is 39.5. The van der Waals surface area contributed by atoms with Crippen LogP contribution in [0.3, 0.4) is 0 Å². The Bertz CT molecular complexity index is 763. The zero-order chi connectivity index (χ0) is 15.5. The van der Waals surface area contributed by atoms with Crippen molar-refractivity contribution in [2.24, 2.45) is 0 Å². The molecule has 110 valence electrons. The molecule has 0 spiro atoms. The first kappa shape index (κ1) is 14.9. The quantitative estimate of drug-likeness (QED) is 0.679. The maximum Gasteiger partial charge on any atom is 0.271 e. The molecule has 0 aromatic heterocycles. The van der Waals surface area contributed by atoms with Crippen LogP contribution in [-0.2, 0) is 15.8 Å². The predicted octanol–water partition coefficient (Wildman–Crippen LogP) is 2.68. The second-order valence-corrected chi connectivity index (χ2v) is 5.99. The van der Waals surface area contributed by atoms with Crippen LogP contribution in [0.2, 0.25) is 0 Å². The molecule has 21 heavy (non-hydrogen) atoms. The molecule has 0 saturated carbocycles. The lowest BCUT2D eigenvalue weighted by Crippen LogP contribution is -2.16. The van der Waals surface area contributed by atoms with Crippen molar-refractivity contribution in [3.8, 4) is 0 Å². The number of benzene rings is 2. The Labute approximate surface area is 120 Å². The van der Waals surface area contributed by atoms with E-state index in [0.29, 0.717) is 5.56 Å². The van der Waals surface area contributed by atoms with Gasteiger partial charge in [0.15, 0.2) is 0 Å². The van der Waals surface area contributed by atoms with Gasteiger partial charge in [0.1, 0.15) is 5.82 Å². The van der Waals surface area contributed by atoms with Crippen molar-refractivity contribution in [2.75, 3.05) is 4.72 Å². The first-order chi connectivity index (χ1) is 9.87. The molecule has 0 unspecified atom stereocenters. The van der Waals surface area contributed by atoms with Gasteiger partial charge in [0.2, 0.25) is 10.0 Å². The minimum absolute atomic E-state index is 0.351. The van der Waals surface area contributed by atoms with Gasteiger partial charge in [0, 0.05) is 12.1 Å². The predicted molar refractivity (Wildman–Crippen MR) is 75.7 cm³/mol. The molecule has 0 heterocycles. The van der Waals surface area contributed by atoms with Gasteiger partial charge in [0.25, 0.3) is 5.69 Å². The van der Waals surface area contributed by atoms with Crippen molar-refractivity contribution in [1.29, 1.82) is 0 Å². The topological polar surface area (TPSA) is 89.3 Å². The van der Waals surface area contributed by atoms with Crippen LogP contribution in [0.4, 0.5) is 15.8 Å². The van der Waals surface area contributed by atoms with Crippen LogP contribution in [0, 0.1) is 15.9 Å². The molecule has 0 aliphatic carbocycles. The molecule has 2 rings (SSSR count). The highest BCUT2D eigenvalue weighted by molar-refractivity contribution is 7.91. The van der Waals surface area contributed by atoms with E-state index in [0.717, 1.165) is 18.2 Å². The largest absolute Gasteiger partial charge is 0.280 e. The Morgan fingerprint density at radius 1 is 1.14 bits per heavy atom. The number of nitro groups is 1. The van der Waals surface area contributed by atoms with Crippen molar-refractivity contribution in [2.45, 2.75) is 5.75 Å². The van der Waals surface area contributed by atoms with E-state index in [4.69, 9.17) is 0 Å². The SMILES string of the molecule is O=[N+]([O-])c1ccc(F)c(NS(=O)(=O)Cc2ccccc2)c1. The average Bonchev–Trinajstić information content (AvgIpc) is 2.41. The van der Waals surface area contributed by atoms with E-state index in [2.05, 4.69) is 0 Å². The second-order valence-electron chi connectivity index (χ2n) is 4.27. The third-order valence-electron chi connectivity index (χ3n) is 2.63. The minimum Gasteiger partial charge on any atom is -0.280 e. The van der Waals surface area contributed by atoms with Gasteiger partial charge >= 0.3 is 0 Å². The Morgan fingerprint density at radius 3 is 2.43 bits per heavy atom. The number of hydrogen-bond donors (Lipinski definition) is 1. The summed E-state index contributed by atoms with van der Waals surface area (Å²) in [5, 5.41) is 10.6. The van der Waals surface area contributed by atoms with Crippen LogP contribution in [-0.4, -0.2) is 13.3 Å². The van der Waals surface area contributed by atoms with E-state index >= 15 is 0 Å². The molecule has 1 N–H and O–H groups in total. The van der Waals surface area contributed by atoms with Crippen molar-refractivity contribution in [1.82, 2.24) is 0 Å². The summed E-state index contributed by atoms with van der Waals surface area (Å²) in [5.41, 5.74) is -0.315. The monoisotopic (exact) mass is 310 g/mol. The Kier molecular flexibility index (Phi) is 4.18. The molecular weight excluding hydrogens is 299 g/mol. The van der Waals surface area contributed by atoms with E-state index in [-0.39, 0.29) is 5.75 Å². The lowest BCUT2D eigenvalue weighted by molar-refractivity contribution is -0.384. The first-order valence-corrected chi connectivity index (χ1v) is 7.51. The highest BCUT2D eigenvalue weighted by Gasteiger charge is 2.17. The molecule has 8 heteroatoms. The van der Waals surface area contributed by atoms with Gasteiger partial charge < -0.3 is 0 Å². The summed E-state index contributed by atoms with van der Waals surface area (Å²) in [4.78, 5) is 9.90. The molecular formula is C13H11FN2O4S. The van der Waals surface area contributed by atoms with Crippen molar-refractivity contribution >= 4 is 21.4 Å². The Balaban J connectivity index is 2.24. The molecule has 6 nitrogen and oxygen atoms in total. The van der Waals surface area contributed by atoms with E-state index < -0.39 is 32.1 Å². The summed E-state index contributed by atoms with van der Waals surface area (Å²) in [6.45, 7) is 0. The lowest BCUT2D eigenvalue weighted by atomic mass is 10.2. The summed E-state index contributed by atoms with van der Waals surface area (Å²) in [5.74, 6) is -1.23. The number of nitro benzene ring substituents is 1. The van der Waals surface area contributed by atoms with Crippen molar-refractivity contribution in [3.05, 3.63) is 70.0 Å². The molecule has 0 radical (unpaired) electrons. The van der Waals surface area contributed by atoms with Crippen LogP contribution >= 0.6 is 0 Å². The zero-order valence-electron chi connectivity index (χ0n) is 10.7. The fourth-order valence-corrected chi connectivity index (χ4v) is 2.90. The van der Waals surface area contributed by atoms with Gasteiger partial charge in [-0.05, 0) is 11.6 Å². The second kappa shape index (κ2) is 5.88. The normalized spacial score (nSPS) is 11.1. The minimum atomic E-state index is -3.87. The van der Waals surface area contributed by atoms with Crippen LogP contribution in [0.15, 0.2) is 48.5 Å². The van der Waals surface area contributed by atoms with Crippen LogP contribution < -0.4 is 4.72 Å². The highest BCUT2D eigenvalue weighted by atomic mass is 32.2. The lowest BCUT2D eigenvalue weighted by Gasteiger charge is -2.08. The zero-order valence-corrected chi connectivity index (χ0v) is 11.5. The van der Waals surface area contributed by atoms with E-state index in [1.807, 2.05) is 4.72 Å². The van der Waals surface area contributed by atoms with Gasteiger partial charge in [-0.15, -0.1) is 0 Å². The number of nitrogens with zero attached hydrogens (tertiary/aromatic N) is 1. The Morgan fingerprint density at radius 2 is 1.81 bits per heavy atom. The number of halogens is 1. The molecule has 0 amide bonds. The highest BCUT2D eigenvalue weighted by Crippen LogP contribution is 2.23. The average molecular weight is 310 g/mol. The van der Waals surface area contributed by atoms with Gasteiger partial charge in [-0.3, -0.25) is 14.8 Å². The molecule has 0 bridgehead atoms. The van der Waals surface area contributed by atoms with Crippen LogP contribution in [0.1, 0.15) is 5.56 Å². The first-order valence-electron chi connectivity index (χ1n) is 5.86. The maximum absolute atomic E-state index is 13.6. The summed E-state index contributed by atoms with van der Waals surface area (Å²) >= 11 is 0. The van der Waals surface area contributed by atoms with Gasteiger partial charge in [0.05, 0.1) is 16.4 Å². The molecule has 2 aromatic carbocycles. The van der Waals surface area contributed by atoms with E-state index in [9.17, 15) is 22.9 Å². The maximum atomic E-state index is 13.6. The number of sulfonamides is 1. The van der Waals surface area contributed by atoms with Crippen LogP contribution in [0.25, 0.3) is 0 Å². The van der Waals surface area contributed by atoms with E-state index in [1.165, 1.54) is 0 Å². The molecule has 0 fully saturated rings. The Hall–Kier alpha value is -2.48. The fraction of sp³-hybridized carbons (Fsp3) is 0.0769. The van der Waals surface area contributed by atoms with Crippen LogP contribution in [0.5, 0.6) is 0 Å². The smallest absolute Gasteiger partial charge is 0.271 e.